The van der Waals surface area contributed by atoms with Crippen LogP contribution in [-0.4, -0.2) is 17.7 Å². The highest BCUT2D eigenvalue weighted by atomic mass is 16.7. The maximum absolute atomic E-state index is 11.2. The Morgan fingerprint density at radius 3 is 2.29 bits per heavy atom. The molecule has 100 valence electrons. The summed E-state index contributed by atoms with van der Waals surface area (Å²) in [7, 11) is 0. The number of unbranched alkanes of at least 4 members (excludes halogenated alkanes) is 3. The molecule has 0 aromatic carbocycles. The van der Waals surface area contributed by atoms with E-state index in [9.17, 15) is 9.59 Å². The van der Waals surface area contributed by atoms with Crippen LogP contribution in [0.5, 0.6) is 0 Å². The third kappa shape index (κ3) is 11.0. The smallest absolute Gasteiger partial charge is 0.441 e. The third-order valence-corrected chi connectivity index (χ3v) is 1.88. The number of rotatable bonds is 5. The van der Waals surface area contributed by atoms with Crippen molar-refractivity contribution in [2.24, 2.45) is 0 Å². The Hall–Kier alpha value is -1.26. The molecule has 1 N–H and O–H groups in total. The van der Waals surface area contributed by atoms with Crippen molar-refractivity contribution < 1.29 is 19.2 Å². The van der Waals surface area contributed by atoms with Gasteiger partial charge < -0.3 is 9.57 Å². The molecule has 0 aliphatic heterocycles. The minimum absolute atomic E-state index is 0.315. The molecule has 0 saturated carbocycles. The number of nitrogens with one attached hydrogen (secondary N) is 1. The maximum Gasteiger partial charge on any atom is 0.441 e. The Bertz CT molecular complexity index is 245. The maximum atomic E-state index is 11.2. The van der Waals surface area contributed by atoms with Crippen molar-refractivity contribution in [1.29, 1.82) is 0 Å². The quantitative estimate of drug-likeness (QED) is 0.597. The number of hydrogen-bond donors (Lipinski definition) is 1. The second-order valence-corrected chi connectivity index (χ2v) is 4.89. The highest BCUT2D eigenvalue weighted by Crippen LogP contribution is 2.06. The highest BCUT2D eigenvalue weighted by Gasteiger charge is 2.17. The van der Waals surface area contributed by atoms with Crippen LogP contribution in [0.15, 0.2) is 0 Å². The number of ether oxygens (including phenoxy) is 1. The van der Waals surface area contributed by atoms with E-state index in [0.29, 0.717) is 6.42 Å². The molecule has 0 bridgehead atoms. The number of carbonyl (C=O) groups excluding carboxylic acids is 2. The number of hydrogen-bond acceptors (Lipinski definition) is 4. The molecule has 0 heterocycles. The first-order chi connectivity index (χ1) is 7.85. The third-order valence-electron chi connectivity index (χ3n) is 1.88. The Kier molecular flexibility index (Phi) is 7.34. The fourth-order valence-corrected chi connectivity index (χ4v) is 1.14. The van der Waals surface area contributed by atoms with Gasteiger partial charge in [-0.2, -0.15) is 0 Å². The molecule has 0 fully saturated rings. The predicted molar refractivity (Wildman–Crippen MR) is 64.2 cm³/mol. The summed E-state index contributed by atoms with van der Waals surface area (Å²) in [5.74, 6) is -0.438. The van der Waals surface area contributed by atoms with E-state index in [1.165, 1.54) is 0 Å². The number of hydroxylamine groups is 1. The van der Waals surface area contributed by atoms with Crippen molar-refractivity contribution in [2.75, 3.05) is 0 Å². The van der Waals surface area contributed by atoms with E-state index in [-0.39, 0.29) is 0 Å². The van der Waals surface area contributed by atoms with Crippen LogP contribution in [0.25, 0.3) is 0 Å². The van der Waals surface area contributed by atoms with Crippen LogP contribution in [-0.2, 0) is 14.4 Å². The van der Waals surface area contributed by atoms with Crippen molar-refractivity contribution in [3.8, 4) is 0 Å². The molecule has 0 atom stereocenters. The van der Waals surface area contributed by atoms with Gasteiger partial charge >= 0.3 is 12.1 Å². The van der Waals surface area contributed by atoms with Crippen molar-refractivity contribution in [1.82, 2.24) is 5.48 Å². The fourth-order valence-electron chi connectivity index (χ4n) is 1.14. The van der Waals surface area contributed by atoms with Crippen molar-refractivity contribution in [3.05, 3.63) is 0 Å². The lowest BCUT2D eigenvalue weighted by molar-refractivity contribution is -0.150. The zero-order chi connectivity index (χ0) is 13.3. The second kappa shape index (κ2) is 7.92. The van der Waals surface area contributed by atoms with E-state index < -0.39 is 17.7 Å². The van der Waals surface area contributed by atoms with E-state index >= 15 is 0 Å². The molecule has 0 saturated heterocycles. The molecular formula is C12H23NO4. The fraction of sp³-hybridized carbons (Fsp3) is 0.833. The normalized spacial score (nSPS) is 10.8. The molecule has 5 heteroatoms. The molecule has 17 heavy (non-hydrogen) atoms. The van der Waals surface area contributed by atoms with E-state index in [0.717, 1.165) is 25.7 Å². The lowest BCUT2D eigenvalue weighted by atomic mass is 10.2. The zero-order valence-electron chi connectivity index (χ0n) is 11.2. The standard InChI is InChI=1S/C12H23NO4/c1-5-6-7-8-9-10(14)17-13-11(15)16-12(2,3)4/h5-9H2,1-4H3,(H,13,15). The predicted octanol–water partition coefficient (Wildman–Crippen LogP) is 2.94. The summed E-state index contributed by atoms with van der Waals surface area (Å²) in [5.41, 5.74) is 1.37. The minimum Gasteiger partial charge on any atom is -0.442 e. The van der Waals surface area contributed by atoms with Crippen LogP contribution >= 0.6 is 0 Å². The van der Waals surface area contributed by atoms with E-state index in [4.69, 9.17) is 4.74 Å². The van der Waals surface area contributed by atoms with Gasteiger partial charge in [0.25, 0.3) is 0 Å². The van der Waals surface area contributed by atoms with Gasteiger partial charge in [0, 0.05) is 6.42 Å². The van der Waals surface area contributed by atoms with Crippen LogP contribution in [0.4, 0.5) is 4.79 Å². The van der Waals surface area contributed by atoms with Gasteiger partial charge in [-0.15, -0.1) is 5.48 Å². The van der Waals surface area contributed by atoms with Gasteiger partial charge in [0.2, 0.25) is 0 Å². The first kappa shape index (κ1) is 15.7. The van der Waals surface area contributed by atoms with Crippen LogP contribution in [0.1, 0.15) is 59.8 Å². The van der Waals surface area contributed by atoms with E-state index in [1.807, 2.05) is 5.48 Å². The molecule has 5 nitrogen and oxygen atoms in total. The largest absolute Gasteiger partial charge is 0.442 e. The molecule has 0 unspecified atom stereocenters. The summed E-state index contributed by atoms with van der Waals surface area (Å²) in [6, 6.07) is 0. The summed E-state index contributed by atoms with van der Waals surface area (Å²) in [5, 5.41) is 0. The van der Waals surface area contributed by atoms with Crippen LogP contribution in [0.2, 0.25) is 0 Å². The van der Waals surface area contributed by atoms with Crippen molar-refractivity contribution >= 4 is 12.1 Å². The van der Waals surface area contributed by atoms with Gasteiger partial charge in [0.05, 0.1) is 0 Å². The van der Waals surface area contributed by atoms with Gasteiger partial charge in [0.1, 0.15) is 5.60 Å². The molecule has 0 rings (SSSR count). The van der Waals surface area contributed by atoms with Crippen molar-refractivity contribution in [3.63, 3.8) is 0 Å². The molecule has 0 aliphatic rings. The summed E-state index contributed by atoms with van der Waals surface area (Å²) in [6.45, 7) is 7.31. The van der Waals surface area contributed by atoms with Gasteiger partial charge in [-0.25, -0.2) is 9.59 Å². The van der Waals surface area contributed by atoms with Gasteiger partial charge in [0.15, 0.2) is 0 Å². The Morgan fingerprint density at radius 1 is 1.12 bits per heavy atom. The molecule has 0 spiro atoms. The lowest BCUT2D eigenvalue weighted by Crippen LogP contribution is -2.34. The highest BCUT2D eigenvalue weighted by molar-refractivity contribution is 5.73. The van der Waals surface area contributed by atoms with Crippen LogP contribution < -0.4 is 5.48 Å². The zero-order valence-corrected chi connectivity index (χ0v) is 11.2. The Morgan fingerprint density at radius 2 is 1.76 bits per heavy atom. The molecule has 0 aliphatic carbocycles. The number of amides is 1. The molecule has 0 aromatic rings. The minimum atomic E-state index is -0.751. The first-order valence-electron chi connectivity index (χ1n) is 6.04. The van der Waals surface area contributed by atoms with Crippen molar-refractivity contribution in [2.45, 2.75) is 65.4 Å². The molecule has 1 amide bonds. The summed E-state index contributed by atoms with van der Waals surface area (Å²) in [6.07, 6.45) is 3.56. The van der Waals surface area contributed by atoms with E-state index in [1.54, 1.807) is 20.8 Å². The van der Waals surface area contributed by atoms with Gasteiger partial charge in [-0.1, -0.05) is 26.2 Å². The molecule has 0 radical (unpaired) electrons. The van der Waals surface area contributed by atoms with E-state index in [2.05, 4.69) is 11.8 Å². The van der Waals surface area contributed by atoms with Gasteiger partial charge in [-0.05, 0) is 27.2 Å². The summed E-state index contributed by atoms with van der Waals surface area (Å²) >= 11 is 0. The molecular weight excluding hydrogens is 222 g/mol. The number of carbonyl (C=O) groups is 2. The average molecular weight is 245 g/mol. The van der Waals surface area contributed by atoms with Crippen LogP contribution in [0.3, 0.4) is 0 Å². The van der Waals surface area contributed by atoms with Gasteiger partial charge in [-0.3, -0.25) is 0 Å². The Labute approximate surface area is 103 Å². The SMILES string of the molecule is CCCCCCC(=O)ONC(=O)OC(C)(C)C. The Balaban J connectivity index is 3.59. The summed E-state index contributed by atoms with van der Waals surface area (Å²) < 4.78 is 4.90. The topological polar surface area (TPSA) is 64.6 Å². The average Bonchev–Trinajstić information content (AvgIpc) is 2.19. The molecule has 0 aromatic heterocycles. The second-order valence-electron chi connectivity index (χ2n) is 4.89. The monoisotopic (exact) mass is 245 g/mol. The van der Waals surface area contributed by atoms with Crippen LogP contribution in [0, 0.1) is 0 Å². The first-order valence-corrected chi connectivity index (χ1v) is 6.04. The lowest BCUT2D eigenvalue weighted by Gasteiger charge is -2.19. The summed E-state index contributed by atoms with van der Waals surface area (Å²) in [4.78, 5) is 26.9.